The fourth-order valence-corrected chi connectivity index (χ4v) is 3.04. The number of H-pyrrole nitrogens is 1. The Morgan fingerprint density at radius 2 is 1.93 bits per heavy atom. The van der Waals surface area contributed by atoms with Crippen molar-refractivity contribution in [1.82, 2.24) is 20.4 Å². The number of rotatable bonds is 6. The van der Waals surface area contributed by atoms with Gasteiger partial charge in [-0.25, -0.2) is 9.37 Å². The van der Waals surface area contributed by atoms with Crippen molar-refractivity contribution >= 4 is 5.91 Å². The van der Waals surface area contributed by atoms with Crippen molar-refractivity contribution in [3.63, 3.8) is 0 Å². The Hall–Kier alpha value is -3.74. The summed E-state index contributed by atoms with van der Waals surface area (Å²) in [6.45, 7) is 1.95. The van der Waals surface area contributed by atoms with Gasteiger partial charge in [-0.3, -0.25) is 4.79 Å². The van der Waals surface area contributed by atoms with E-state index in [2.05, 4.69) is 20.4 Å². The third kappa shape index (κ3) is 3.94. The summed E-state index contributed by atoms with van der Waals surface area (Å²) in [4.78, 5) is 20.3. The number of carbonyl (C=O) groups is 1. The number of hydrogen-bond acceptors (Lipinski definition) is 4. The maximum Gasteiger partial charge on any atom is 0.274 e. The fraction of sp³-hybridized carbons (Fsp3) is 0.136. The third-order valence-corrected chi connectivity index (χ3v) is 4.61. The fourth-order valence-electron chi connectivity index (χ4n) is 3.04. The lowest BCUT2D eigenvalue weighted by Crippen LogP contribution is -2.29. The van der Waals surface area contributed by atoms with E-state index < -0.39 is 11.7 Å². The molecule has 0 spiro atoms. The first kappa shape index (κ1) is 18.6. The van der Waals surface area contributed by atoms with Crippen LogP contribution >= 0.6 is 0 Å². The zero-order valence-corrected chi connectivity index (χ0v) is 15.7. The van der Waals surface area contributed by atoms with Crippen LogP contribution in [-0.2, 0) is 0 Å². The Morgan fingerprint density at radius 1 is 1.17 bits per heavy atom. The maximum absolute atomic E-state index is 13.9. The minimum absolute atomic E-state index is 0.0801. The molecule has 6 nitrogen and oxygen atoms in total. The highest BCUT2D eigenvalue weighted by atomic mass is 19.1. The third-order valence-electron chi connectivity index (χ3n) is 4.61. The molecule has 0 bridgehead atoms. The summed E-state index contributed by atoms with van der Waals surface area (Å²) in [6.07, 6.45) is 2.37. The molecule has 0 fully saturated rings. The van der Waals surface area contributed by atoms with Crippen molar-refractivity contribution in [2.75, 3.05) is 0 Å². The largest absolute Gasteiger partial charge is 0.355 e. The second-order valence-electron chi connectivity index (χ2n) is 6.54. The van der Waals surface area contributed by atoms with Gasteiger partial charge in [0.15, 0.2) is 11.5 Å². The Morgan fingerprint density at radius 3 is 2.69 bits per heavy atom. The van der Waals surface area contributed by atoms with Crippen LogP contribution in [0.25, 0.3) is 22.6 Å². The first-order chi connectivity index (χ1) is 14.2. The standard InChI is InChI=1S/C22H19FN4O2/c1-2-17(21-24-13-19(25-21)14-8-4-3-5-9-14)26-22(28)18-12-20(29-27-18)15-10-6-7-11-16(15)23/h3-13,17H,2H2,1H3,(H,24,25)(H,26,28). The summed E-state index contributed by atoms with van der Waals surface area (Å²) in [5.41, 5.74) is 2.22. The summed E-state index contributed by atoms with van der Waals surface area (Å²) in [5.74, 6) is -0.00453. The van der Waals surface area contributed by atoms with Gasteiger partial charge in [-0.15, -0.1) is 0 Å². The van der Waals surface area contributed by atoms with Gasteiger partial charge in [0.05, 0.1) is 23.5 Å². The van der Waals surface area contributed by atoms with Crippen LogP contribution < -0.4 is 5.32 Å². The average Bonchev–Trinajstić information content (AvgIpc) is 3.43. The van der Waals surface area contributed by atoms with Gasteiger partial charge in [0.25, 0.3) is 5.91 Å². The van der Waals surface area contributed by atoms with Gasteiger partial charge in [-0.2, -0.15) is 0 Å². The van der Waals surface area contributed by atoms with E-state index in [-0.39, 0.29) is 23.1 Å². The van der Waals surface area contributed by atoms with E-state index in [9.17, 15) is 9.18 Å². The Labute approximate surface area is 166 Å². The van der Waals surface area contributed by atoms with E-state index in [1.165, 1.54) is 12.1 Å². The number of aromatic amines is 1. The van der Waals surface area contributed by atoms with Crippen molar-refractivity contribution in [1.29, 1.82) is 0 Å². The first-order valence-corrected chi connectivity index (χ1v) is 9.28. The van der Waals surface area contributed by atoms with E-state index in [0.29, 0.717) is 12.2 Å². The van der Waals surface area contributed by atoms with Gasteiger partial charge < -0.3 is 14.8 Å². The van der Waals surface area contributed by atoms with Crippen LogP contribution in [-0.4, -0.2) is 21.0 Å². The highest BCUT2D eigenvalue weighted by Crippen LogP contribution is 2.24. The molecule has 0 radical (unpaired) electrons. The number of nitrogens with zero attached hydrogens (tertiary/aromatic N) is 2. The molecule has 146 valence electrons. The maximum atomic E-state index is 13.9. The summed E-state index contributed by atoms with van der Waals surface area (Å²) in [5, 5.41) is 6.68. The molecule has 29 heavy (non-hydrogen) atoms. The summed E-state index contributed by atoms with van der Waals surface area (Å²) in [7, 11) is 0. The zero-order chi connectivity index (χ0) is 20.2. The molecule has 2 aromatic carbocycles. The number of imidazole rings is 1. The molecule has 0 aliphatic heterocycles. The van der Waals surface area contributed by atoms with Gasteiger partial charge in [-0.1, -0.05) is 54.5 Å². The van der Waals surface area contributed by atoms with E-state index in [0.717, 1.165) is 11.3 Å². The number of carbonyl (C=O) groups excluding carboxylic acids is 1. The van der Waals surface area contributed by atoms with E-state index >= 15 is 0 Å². The van der Waals surface area contributed by atoms with Crippen LogP contribution in [0, 0.1) is 5.82 Å². The van der Waals surface area contributed by atoms with Gasteiger partial charge in [0.1, 0.15) is 11.6 Å². The molecule has 1 atom stereocenters. The lowest BCUT2D eigenvalue weighted by molar-refractivity contribution is 0.0925. The van der Waals surface area contributed by atoms with Gasteiger partial charge >= 0.3 is 0 Å². The average molecular weight is 390 g/mol. The van der Waals surface area contributed by atoms with Crippen LogP contribution in [0.4, 0.5) is 4.39 Å². The number of hydrogen-bond donors (Lipinski definition) is 2. The smallest absolute Gasteiger partial charge is 0.274 e. The van der Waals surface area contributed by atoms with Crippen molar-refractivity contribution < 1.29 is 13.7 Å². The highest BCUT2D eigenvalue weighted by Gasteiger charge is 2.21. The summed E-state index contributed by atoms with van der Waals surface area (Å²) >= 11 is 0. The molecular formula is C22H19FN4O2. The van der Waals surface area contributed by atoms with Gasteiger partial charge in [0.2, 0.25) is 0 Å². The van der Waals surface area contributed by atoms with Crippen molar-refractivity contribution in [2.24, 2.45) is 0 Å². The monoisotopic (exact) mass is 390 g/mol. The van der Waals surface area contributed by atoms with Gasteiger partial charge in [0, 0.05) is 6.07 Å². The van der Waals surface area contributed by atoms with E-state index in [4.69, 9.17) is 4.52 Å². The topological polar surface area (TPSA) is 83.8 Å². The molecule has 0 saturated carbocycles. The highest BCUT2D eigenvalue weighted by molar-refractivity contribution is 5.93. The molecule has 4 aromatic rings. The predicted molar refractivity (Wildman–Crippen MR) is 106 cm³/mol. The van der Waals surface area contributed by atoms with E-state index in [1.54, 1.807) is 24.4 Å². The summed E-state index contributed by atoms with van der Waals surface area (Å²) in [6, 6.07) is 17.1. The molecule has 2 heterocycles. The first-order valence-electron chi connectivity index (χ1n) is 9.28. The SMILES string of the molecule is CCC(NC(=O)c1cc(-c2ccccc2F)on1)c1ncc(-c2ccccc2)[nH]1. The van der Waals surface area contributed by atoms with Crippen molar-refractivity contribution in [3.05, 3.63) is 84.2 Å². The second-order valence-corrected chi connectivity index (χ2v) is 6.54. The predicted octanol–water partition coefficient (Wildman–Crippen LogP) is 4.75. The van der Waals surface area contributed by atoms with Crippen LogP contribution in [0.2, 0.25) is 0 Å². The van der Waals surface area contributed by atoms with Crippen LogP contribution in [0.1, 0.15) is 35.7 Å². The van der Waals surface area contributed by atoms with Crippen LogP contribution in [0.5, 0.6) is 0 Å². The molecule has 2 N–H and O–H groups in total. The van der Waals surface area contributed by atoms with Gasteiger partial charge in [-0.05, 0) is 24.1 Å². The minimum atomic E-state index is -0.439. The summed E-state index contributed by atoms with van der Waals surface area (Å²) < 4.78 is 19.1. The second kappa shape index (κ2) is 8.10. The molecule has 1 amide bonds. The molecule has 0 saturated heterocycles. The number of benzene rings is 2. The molecule has 0 aliphatic carbocycles. The number of nitrogens with one attached hydrogen (secondary N) is 2. The molecule has 1 unspecified atom stereocenters. The molecule has 7 heteroatoms. The lowest BCUT2D eigenvalue weighted by atomic mass is 10.1. The Kier molecular flexibility index (Phi) is 5.20. The van der Waals surface area contributed by atoms with Crippen molar-refractivity contribution in [2.45, 2.75) is 19.4 Å². The Balaban J connectivity index is 1.50. The molecule has 2 aromatic heterocycles. The molecule has 4 rings (SSSR count). The van der Waals surface area contributed by atoms with Crippen LogP contribution in [0.3, 0.4) is 0 Å². The van der Waals surface area contributed by atoms with Crippen LogP contribution in [0.15, 0.2) is 71.4 Å². The number of amides is 1. The van der Waals surface area contributed by atoms with Crippen molar-refractivity contribution in [3.8, 4) is 22.6 Å². The molecular weight excluding hydrogens is 371 g/mol. The van der Waals surface area contributed by atoms with E-state index in [1.807, 2.05) is 37.3 Å². The zero-order valence-electron chi connectivity index (χ0n) is 15.7. The quantitative estimate of drug-likeness (QED) is 0.498. The Bertz CT molecular complexity index is 1120. The number of halogens is 1. The molecule has 0 aliphatic rings. The minimum Gasteiger partial charge on any atom is -0.355 e. The lowest BCUT2D eigenvalue weighted by Gasteiger charge is -2.13. The normalized spacial score (nSPS) is 11.9. The number of aromatic nitrogens is 3.